The van der Waals surface area contributed by atoms with Gasteiger partial charge in [0.25, 0.3) is 0 Å². The summed E-state index contributed by atoms with van der Waals surface area (Å²) in [6.07, 6.45) is -2.11. The Kier molecular flexibility index (Phi) is 17.2. The summed E-state index contributed by atoms with van der Waals surface area (Å²) >= 11 is 0. The molecule has 4 fully saturated rings. The highest BCUT2D eigenvalue weighted by molar-refractivity contribution is 5.73. The Labute approximate surface area is 352 Å². The molecule has 0 spiro atoms. The Morgan fingerprint density at radius 2 is 1.71 bits per heavy atom. The maximum Gasteiger partial charge on any atom is 0.311 e. The van der Waals surface area contributed by atoms with Crippen LogP contribution in [0, 0.1) is 40.9 Å². The highest BCUT2D eigenvalue weighted by atomic mass is 16.7. The zero-order chi connectivity index (χ0) is 44.2. The van der Waals surface area contributed by atoms with Gasteiger partial charge in [-0.05, 0) is 79.3 Å². The van der Waals surface area contributed by atoms with Gasteiger partial charge in [-0.25, -0.2) is 0 Å². The van der Waals surface area contributed by atoms with E-state index >= 15 is 0 Å². The smallest absolute Gasteiger partial charge is 0.311 e. The highest BCUT2D eigenvalue weighted by Crippen LogP contribution is 2.44. The van der Waals surface area contributed by atoms with E-state index in [0.29, 0.717) is 25.0 Å². The minimum atomic E-state index is -1.77. The van der Waals surface area contributed by atoms with Crippen molar-refractivity contribution in [2.24, 2.45) is 28.8 Å². The summed E-state index contributed by atoms with van der Waals surface area (Å²) in [7, 11) is 3.42. The number of aliphatic hydroxyl groups excluding tert-OH is 2. The Morgan fingerprint density at radius 3 is 2.32 bits per heavy atom. The van der Waals surface area contributed by atoms with Crippen molar-refractivity contribution in [2.45, 2.75) is 192 Å². The monoisotopic (exact) mass is 839 g/mol. The van der Waals surface area contributed by atoms with E-state index in [4.69, 9.17) is 44.3 Å². The number of esters is 1. The Morgan fingerprint density at radius 1 is 1.03 bits per heavy atom. The molecule has 0 aromatic heterocycles. The van der Waals surface area contributed by atoms with Crippen molar-refractivity contribution >= 4 is 5.97 Å². The average Bonchev–Trinajstić information content (AvgIpc) is 3.19. The molecular weight excluding hydrogens is 764 g/mol. The number of carbonyl (C=O) groups is 1. The lowest BCUT2D eigenvalue weighted by Crippen LogP contribution is -2.62. The molecule has 3 N–H and O–H groups in total. The fourth-order valence-electron chi connectivity index (χ4n) is 10.1. The summed E-state index contributed by atoms with van der Waals surface area (Å²) in [6.45, 7) is 22.7. The summed E-state index contributed by atoms with van der Waals surface area (Å²) in [6, 6.07) is -1.25. The third-order valence-corrected chi connectivity index (χ3v) is 13.7. The number of hydrogen-bond donors (Lipinski definition) is 3. The van der Waals surface area contributed by atoms with E-state index in [1.165, 1.54) is 7.11 Å². The van der Waals surface area contributed by atoms with Crippen LogP contribution in [0.25, 0.3) is 0 Å². The molecule has 2 bridgehead atoms. The molecule has 0 saturated carbocycles. The largest absolute Gasteiger partial charge is 0.459 e. The Bertz CT molecular complexity index is 1460. The normalized spacial score (nSPS) is 47.0. The van der Waals surface area contributed by atoms with Crippen molar-refractivity contribution < 1.29 is 58.0 Å². The van der Waals surface area contributed by atoms with Crippen LogP contribution in [0.3, 0.4) is 0 Å². The summed E-state index contributed by atoms with van der Waals surface area (Å²) in [4.78, 5) is 29.5. The number of carbonyl (C=O) groups excluding carboxylic acids is 1. The fourth-order valence-corrected chi connectivity index (χ4v) is 10.1. The summed E-state index contributed by atoms with van der Waals surface area (Å²) < 4.78 is 51.9. The quantitative estimate of drug-likeness (QED) is 0.122. The standard InChI is InChI=1S/C44H74N2O13/c1-15-17-18-46(13)31-19-26(5)55-41(35(31)47)59-38-28(7)36(58-33-21-42(10,52-14)37(48)30(9)56-33)29(8)40(49)57-32(16-2)44(12,50)39-27(6)34(45-51)25(4)20-43(38,11)54-23-24(3)22-53-39/h1,25-39,41,47-48,50H,3,16-23H2,2,4-14H3/t25-,26-,27+,28+,29-,30+,31+,32-,33+,34?,35-,36?,37+,38-,39-,41?,42-,43-,44-/m1/s1. The first-order valence-corrected chi connectivity index (χ1v) is 21.4. The molecule has 4 saturated heterocycles. The van der Waals surface area contributed by atoms with Crippen LogP contribution in [0.4, 0.5) is 0 Å². The van der Waals surface area contributed by atoms with Gasteiger partial charge in [-0.1, -0.05) is 39.5 Å². The number of aliphatic hydroxyl groups is 3. The van der Waals surface area contributed by atoms with Crippen LogP contribution in [0.1, 0.15) is 101 Å². The summed E-state index contributed by atoms with van der Waals surface area (Å²) in [5.74, 6) is -0.840. The molecule has 15 heteroatoms. The molecular formula is C44H74N2O13. The molecule has 338 valence electrons. The molecule has 19 atom stereocenters. The number of nitroso groups, excluding NO2 is 1. The molecule has 15 nitrogen and oxygen atoms in total. The maximum absolute atomic E-state index is 14.5. The lowest BCUT2D eigenvalue weighted by Gasteiger charge is -2.50. The van der Waals surface area contributed by atoms with Crippen molar-refractivity contribution in [2.75, 3.05) is 33.9 Å². The van der Waals surface area contributed by atoms with E-state index in [2.05, 4.69) is 17.7 Å². The predicted molar refractivity (Wildman–Crippen MR) is 220 cm³/mol. The van der Waals surface area contributed by atoms with Gasteiger partial charge in [0.2, 0.25) is 0 Å². The molecule has 0 radical (unpaired) electrons. The molecule has 4 heterocycles. The van der Waals surface area contributed by atoms with Crippen LogP contribution >= 0.6 is 0 Å². The Hall–Kier alpha value is -2.07. The first-order chi connectivity index (χ1) is 27.6. The molecule has 4 aliphatic heterocycles. The number of fused-ring (bicyclic) bond motifs is 5. The topological polar surface area (TPSA) is 184 Å². The second-order valence-corrected chi connectivity index (χ2v) is 18.6. The number of hydrogen-bond acceptors (Lipinski definition) is 15. The van der Waals surface area contributed by atoms with Gasteiger partial charge in [0, 0.05) is 44.4 Å². The lowest BCUT2D eigenvalue weighted by molar-refractivity contribution is -0.320. The average molecular weight is 839 g/mol. The zero-order valence-electron chi connectivity index (χ0n) is 37.5. The van der Waals surface area contributed by atoms with Gasteiger partial charge in [-0.2, -0.15) is 4.91 Å². The van der Waals surface area contributed by atoms with E-state index in [1.54, 1.807) is 34.6 Å². The van der Waals surface area contributed by atoms with Gasteiger partial charge >= 0.3 is 5.97 Å². The van der Waals surface area contributed by atoms with Crippen molar-refractivity contribution in [3.8, 4) is 12.3 Å². The molecule has 4 rings (SSSR count). The second-order valence-electron chi connectivity index (χ2n) is 18.6. The van der Waals surface area contributed by atoms with Crippen molar-refractivity contribution in [1.29, 1.82) is 0 Å². The number of likely N-dealkylation sites (N-methyl/N-ethyl adjacent to an activating group) is 1. The van der Waals surface area contributed by atoms with E-state index in [0.717, 1.165) is 0 Å². The summed E-state index contributed by atoms with van der Waals surface area (Å²) in [5.41, 5.74) is -3.53. The first-order valence-electron chi connectivity index (χ1n) is 21.4. The van der Waals surface area contributed by atoms with Gasteiger partial charge in [-0.15, -0.1) is 12.3 Å². The minimum Gasteiger partial charge on any atom is -0.459 e. The molecule has 0 aromatic carbocycles. The molecule has 3 unspecified atom stereocenters. The van der Waals surface area contributed by atoms with Gasteiger partial charge in [0.1, 0.15) is 23.9 Å². The Balaban J connectivity index is 1.95. The molecule has 4 aliphatic rings. The fraction of sp³-hybridized carbons (Fsp3) is 0.886. The first kappa shape index (κ1) is 49.6. The lowest BCUT2D eigenvalue weighted by atomic mass is 9.72. The van der Waals surface area contributed by atoms with Crippen LogP contribution in [-0.2, 0) is 42.7 Å². The minimum absolute atomic E-state index is 0.0151. The van der Waals surface area contributed by atoms with Gasteiger partial charge < -0.3 is 53.2 Å². The maximum atomic E-state index is 14.5. The van der Waals surface area contributed by atoms with E-state index in [1.807, 2.05) is 46.6 Å². The van der Waals surface area contributed by atoms with E-state index in [-0.39, 0.29) is 44.6 Å². The van der Waals surface area contributed by atoms with Gasteiger partial charge in [-0.3, -0.25) is 9.69 Å². The van der Waals surface area contributed by atoms with Crippen LogP contribution in [-0.4, -0.2) is 150 Å². The number of cyclic esters (lactones) is 1. The number of nitrogens with zero attached hydrogens (tertiary/aromatic N) is 2. The third kappa shape index (κ3) is 10.9. The number of rotatable bonds is 10. The van der Waals surface area contributed by atoms with Crippen molar-refractivity contribution in [3.63, 3.8) is 0 Å². The van der Waals surface area contributed by atoms with Crippen molar-refractivity contribution in [3.05, 3.63) is 17.1 Å². The molecule has 0 aliphatic carbocycles. The van der Waals surface area contributed by atoms with Gasteiger partial charge in [0.05, 0.1) is 66.9 Å². The summed E-state index contributed by atoms with van der Waals surface area (Å²) in [5, 5.41) is 39.1. The number of ether oxygens (including phenoxy) is 8. The third-order valence-electron chi connectivity index (χ3n) is 13.7. The highest BCUT2D eigenvalue weighted by Gasteiger charge is 2.55. The van der Waals surface area contributed by atoms with Crippen LogP contribution in [0.15, 0.2) is 17.3 Å². The number of terminal acetylenes is 1. The molecule has 0 amide bonds. The number of methoxy groups -OCH3 is 1. The molecule has 59 heavy (non-hydrogen) atoms. The predicted octanol–water partition coefficient (Wildman–Crippen LogP) is 4.36. The second kappa shape index (κ2) is 20.4. The SMILES string of the molecule is C#CCCN(C)[C@H]1C[C@@H](C)OC(O[C@@H]2[C@@H](C)C(O[C@H]3C[C@@](C)(OC)[C@@H](O)[C@H](C)O3)[C@@H](C)C(=O)O[C@H](CC)[C@@](C)(O)[C@@H]3OCC(=C)CO[C@]2(C)C[C@@H](C)C(N=O)[C@@H]3C)[C@@H]1O. The zero-order valence-corrected chi connectivity index (χ0v) is 37.5. The van der Waals surface area contributed by atoms with Gasteiger partial charge in [0.15, 0.2) is 12.6 Å². The molecule has 0 aromatic rings. The van der Waals surface area contributed by atoms with E-state index in [9.17, 15) is 25.0 Å². The van der Waals surface area contributed by atoms with Crippen LogP contribution in [0.5, 0.6) is 0 Å². The van der Waals surface area contributed by atoms with Crippen molar-refractivity contribution in [1.82, 2.24) is 4.90 Å². The van der Waals surface area contributed by atoms with Crippen LogP contribution < -0.4 is 0 Å². The van der Waals surface area contributed by atoms with Crippen LogP contribution in [0.2, 0.25) is 0 Å². The van der Waals surface area contributed by atoms with E-state index < -0.39 is 108 Å².